The lowest BCUT2D eigenvalue weighted by atomic mass is 10.3. The fourth-order valence-electron chi connectivity index (χ4n) is 3.33. The van der Waals surface area contributed by atoms with Crippen molar-refractivity contribution in [3.05, 3.63) is 0 Å². The van der Waals surface area contributed by atoms with Gasteiger partial charge in [0.05, 0.1) is 0 Å². The Hall–Kier alpha value is -1.55. The number of nitrogens with zero attached hydrogens (tertiary/aromatic N) is 3. The van der Waals surface area contributed by atoms with Gasteiger partial charge in [-0.05, 0) is 19.8 Å². The normalized spacial score (nSPS) is 20.2. The van der Waals surface area contributed by atoms with Crippen LogP contribution in [0, 0.1) is 0 Å². The summed E-state index contributed by atoms with van der Waals surface area (Å²) in [7, 11) is 0. The summed E-state index contributed by atoms with van der Waals surface area (Å²) in [5.41, 5.74) is 0. The van der Waals surface area contributed by atoms with Crippen molar-refractivity contribution in [2.24, 2.45) is 0 Å². The predicted octanol–water partition coefficient (Wildman–Crippen LogP) is 1.29. The molecule has 0 aromatic rings. The highest BCUT2D eigenvalue weighted by Gasteiger charge is 2.27. The molecule has 0 saturated carbocycles. The van der Waals surface area contributed by atoms with Crippen LogP contribution in [0.2, 0.25) is 0 Å². The van der Waals surface area contributed by atoms with E-state index in [4.69, 9.17) is 0 Å². The third-order valence-electron chi connectivity index (χ3n) is 4.72. The summed E-state index contributed by atoms with van der Waals surface area (Å²) in [5, 5.41) is 2.93. The molecule has 2 aliphatic rings. The van der Waals surface area contributed by atoms with Gasteiger partial charge in [-0.1, -0.05) is 0 Å². The molecule has 1 N–H and O–H groups in total. The predicted molar refractivity (Wildman–Crippen MR) is 93.3 cm³/mol. The van der Waals surface area contributed by atoms with E-state index in [0.717, 1.165) is 13.0 Å². The minimum absolute atomic E-state index is 0.0763. The van der Waals surface area contributed by atoms with Crippen LogP contribution in [0.1, 0.15) is 26.2 Å². The molecule has 0 aromatic heterocycles. The number of likely N-dealkylation sites (tertiary alicyclic amines) is 1. The monoisotopic (exact) mass is 394 g/mol. The van der Waals surface area contributed by atoms with Crippen molar-refractivity contribution in [3.8, 4) is 0 Å². The van der Waals surface area contributed by atoms with Crippen LogP contribution in [-0.4, -0.2) is 97.9 Å². The van der Waals surface area contributed by atoms with E-state index in [0.29, 0.717) is 52.1 Å². The first-order chi connectivity index (χ1) is 12.7. The molecule has 0 bridgehead atoms. The molecule has 2 aliphatic heterocycles. The zero-order chi connectivity index (χ0) is 19.9. The zero-order valence-electron chi connectivity index (χ0n) is 15.8. The molecule has 27 heavy (non-hydrogen) atoms. The SMILES string of the molecule is CC(CN1CCCC1=O)NC(=O)N1CCN(CCCOCC(F)(F)F)CC1. The van der Waals surface area contributed by atoms with Crippen LogP contribution in [0.25, 0.3) is 0 Å². The van der Waals surface area contributed by atoms with Crippen molar-refractivity contribution in [2.45, 2.75) is 38.4 Å². The fourth-order valence-corrected chi connectivity index (χ4v) is 3.33. The van der Waals surface area contributed by atoms with E-state index in [1.807, 2.05) is 6.92 Å². The lowest BCUT2D eigenvalue weighted by Crippen LogP contribution is -2.54. The quantitative estimate of drug-likeness (QED) is 0.631. The summed E-state index contributed by atoms with van der Waals surface area (Å²) < 4.78 is 40.5. The highest BCUT2D eigenvalue weighted by atomic mass is 19.4. The van der Waals surface area contributed by atoms with Gasteiger partial charge in [0.1, 0.15) is 6.61 Å². The van der Waals surface area contributed by atoms with Crippen LogP contribution in [-0.2, 0) is 9.53 Å². The van der Waals surface area contributed by atoms with E-state index in [1.165, 1.54) is 0 Å². The van der Waals surface area contributed by atoms with Crippen molar-refractivity contribution in [1.82, 2.24) is 20.0 Å². The number of amides is 3. The minimum Gasteiger partial charge on any atom is -0.372 e. The molecular weight excluding hydrogens is 365 g/mol. The van der Waals surface area contributed by atoms with Crippen LogP contribution in [0.5, 0.6) is 0 Å². The average molecular weight is 394 g/mol. The molecule has 0 aliphatic carbocycles. The van der Waals surface area contributed by atoms with Gasteiger partial charge in [-0.2, -0.15) is 13.2 Å². The van der Waals surface area contributed by atoms with Crippen molar-refractivity contribution in [3.63, 3.8) is 0 Å². The summed E-state index contributed by atoms with van der Waals surface area (Å²) in [5.74, 6) is 0.143. The highest BCUT2D eigenvalue weighted by molar-refractivity contribution is 5.78. The van der Waals surface area contributed by atoms with E-state index in [-0.39, 0.29) is 24.6 Å². The molecule has 1 atom stereocenters. The van der Waals surface area contributed by atoms with Crippen molar-refractivity contribution >= 4 is 11.9 Å². The number of rotatable bonds is 8. The average Bonchev–Trinajstić information content (AvgIpc) is 2.98. The van der Waals surface area contributed by atoms with Gasteiger partial charge < -0.3 is 19.9 Å². The molecular formula is C17H29F3N4O3. The summed E-state index contributed by atoms with van der Waals surface area (Å²) in [6.07, 6.45) is -2.28. The Labute approximate surface area is 157 Å². The fraction of sp³-hybridized carbons (Fsp3) is 0.882. The van der Waals surface area contributed by atoms with Gasteiger partial charge in [-0.25, -0.2) is 4.79 Å². The lowest BCUT2D eigenvalue weighted by Gasteiger charge is -2.35. The molecule has 2 fully saturated rings. The molecule has 0 radical (unpaired) electrons. The first-order valence-electron chi connectivity index (χ1n) is 9.44. The number of hydrogen-bond donors (Lipinski definition) is 1. The molecule has 0 aromatic carbocycles. The Morgan fingerprint density at radius 3 is 2.52 bits per heavy atom. The van der Waals surface area contributed by atoms with Gasteiger partial charge in [-0.3, -0.25) is 9.69 Å². The Morgan fingerprint density at radius 2 is 1.93 bits per heavy atom. The summed E-state index contributed by atoms with van der Waals surface area (Å²) in [6, 6.07) is -0.245. The van der Waals surface area contributed by atoms with Gasteiger partial charge in [-0.15, -0.1) is 0 Å². The largest absolute Gasteiger partial charge is 0.411 e. The van der Waals surface area contributed by atoms with Crippen LogP contribution < -0.4 is 5.32 Å². The van der Waals surface area contributed by atoms with Gasteiger partial charge in [0, 0.05) is 64.9 Å². The number of alkyl halides is 3. The third kappa shape index (κ3) is 7.92. The van der Waals surface area contributed by atoms with Gasteiger partial charge in [0.2, 0.25) is 5.91 Å². The lowest BCUT2D eigenvalue weighted by molar-refractivity contribution is -0.174. The number of ether oxygens (including phenoxy) is 1. The molecule has 10 heteroatoms. The maximum absolute atomic E-state index is 12.3. The molecule has 7 nitrogen and oxygen atoms in total. The summed E-state index contributed by atoms with van der Waals surface area (Å²) >= 11 is 0. The molecule has 2 heterocycles. The van der Waals surface area contributed by atoms with Crippen LogP contribution in [0.3, 0.4) is 0 Å². The molecule has 2 saturated heterocycles. The number of halogens is 3. The summed E-state index contributed by atoms with van der Waals surface area (Å²) in [6.45, 7) is 5.22. The molecule has 3 amide bonds. The smallest absolute Gasteiger partial charge is 0.372 e. The van der Waals surface area contributed by atoms with Crippen LogP contribution in [0.4, 0.5) is 18.0 Å². The minimum atomic E-state index is -4.28. The number of piperazine rings is 1. The first kappa shape index (κ1) is 21.7. The molecule has 0 spiro atoms. The van der Waals surface area contributed by atoms with E-state index in [9.17, 15) is 22.8 Å². The van der Waals surface area contributed by atoms with Gasteiger partial charge in [0.15, 0.2) is 0 Å². The maximum Gasteiger partial charge on any atom is 0.411 e. The van der Waals surface area contributed by atoms with E-state index < -0.39 is 12.8 Å². The van der Waals surface area contributed by atoms with Crippen LogP contribution >= 0.6 is 0 Å². The van der Waals surface area contributed by atoms with Crippen molar-refractivity contribution in [1.29, 1.82) is 0 Å². The number of nitrogens with one attached hydrogen (secondary N) is 1. The van der Waals surface area contributed by atoms with Gasteiger partial charge >= 0.3 is 12.2 Å². The topological polar surface area (TPSA) is 65.1 Å². The maximum atomic E-state index is 12.3. The Morgan fingerprint density at radius 1 is 1.22 bits per heavy atom. The standard InChI is InChI=1S/C17H29F3N4O3/c1-14(12-24-6-2-4-15(24)25)21-16(26)23-9-7-22(8-10-23)5-3-11-27-13-17(18,19)20/h14H,2-13H2,1H3,(H,21,26). The first-order valence-corrected chi connectivity index (χ1v) is 9.44. The van der Waals surface area contributed by atoms with E-state index in [1.54, 1.807) is 9.80 Å². The zero-order valence-corrected chi connectivity index (χ0v) is 15.8. The number of carbonyl (C=O) groups excluding carboxylic acids is 2. The molecule has 156 valence electrons. The Bertz CT molecular complexity index is 496. The number of hydrogen-bond acceptors (Lipinski definition) is 4. The third-order valence-corrected chi connectivity index (χ3v) is 4.72. The number of carbonyl (C=O) groups is 2. The second-order valence-electron chi connectivity index (χ2n) is 7.14. The Balaban J connectivity index is 1.57. The van der Waals surface area contributed by atoms with E-state index >= 15 is 0 Å². The van der Waals surface area contributed by atoms with Crippen molar-refractivity contribution < 1.29 is 27.5 Å². The van der Waals surface area contributed by atoms with Gasteiger partial charge in [0.25, 0.3) is 0 Å². The van der Waals surface area contributed by atoms with Crippen molar-refractivity contribution in [2.75, 3.05) is 59.0 Å². The highest BCUT2D eigenvalue weighted by Crippen LogP contribution is 2.14. The summed E-state index contributed by atoms with van der Waals surface area (Å²) in [4.78, 5) is 29.6. The Kier molecular flexibility index (Phi) is 8.15. The molecule has 2 rings (SSSR count). The van der Waals surface area contributed by atoms with Crippen LogP contribution in [0.15, 0.2) is 0 Å². The molecule has 1 unspecified atom stereocenters. The second-order valence-corrected chi connectivity index (χ2v) is 7.14. The van der Waals surface area contributed by atoms with E-state index in [2.05, 4.69) is 15.0 Å². The number of urea groups is 1. The second kappa shape index (κ2) is 10.1.